The molecule has 2 aliphatic rings. The van der Waals surface area contributed by atoms with Crippen LogP contribution in [-0.2, 0) is 4.74 Å². The SMILES string of the molecule is CC(C)c1nccc(N2CC(C)(C)OC3(CCCC3)C2)n1. The molecule has 1 saturated heterocycles. The van der Waals surface area contributed by atoms with Crippen molar-refractivity contribution in [3.63, 3.8) is 0 Å². The van der Waals surface area contributed by atoms with E-state index in [1.807, 2.05) is 12.3 Å². The van der Waals surface area contributed by atoms with Crippen LogP contribution in [0, 0.1) is 0 Å². The van der Waals surface area contributed by atoms with Gasteiger partial charge in [-0.1, -0.05) is 26.7 Å². The van der Waals surface area contributed by atoms with E-state index in [-0.39, 0.29) is 11.2 Å². The Kier molecular flexibility index (Phi) is 3.68. The van der Waals surface area contributed by atoms with Crippen molar-refractivity contribution in [3.8, 4) is 0 Å². The molecule has 2 heterocycles. The molecule has 0 atom stereocenters. The molecule has 0 aromatic carbocycles. The largest absolute Gasteiger partial charge is 0.365 e. The Labute approximate surface area is 127 Å². The van der Waals surface area contributed by atoms with Crippen LogP contribution in [0.2, 0.25) is 0 Å². The van der Waals surface area contributed by atoms with Crippen molar-refractivity contribution in [2.75, 3.05) is 18.0 Å². The second kappa shape index (κ2) is 5.24. The molecule has 4 heteroatoms. The summed E-state index contributed by atoms with van der Waals surface area (Å²) in [5.74, 6) is 2.34. The molecule has 21 heavy (non-hydrogen) atoms. The second-order valence-electron chi connectivity index (χ2n) is 7.54. The van der Waals surface area contributed by atoms with E-state index < -0.39 is 0 Å². The highest BCUT2D eigenvalue weighted by atomic mass is 16.5. The lowest BCUT2D eigenvalue weighted by Gasteiger charge is -2.49. The third-order valence-corrected chi connectivity index (χ3v) is 4.56. The molecule has 1 spiro atoms. The van der Waals surface area contributed by atoms with E-state index >= 15 is 0 Å². The third kappa shape index (κ3) is 3.05. The first-order valence-electron chi connectivity index (χ1n) is 8.17. The average Bonchev–Trinajstić information content (AvgIpc) is 2.84. The zero-order valence-electron chi connectivity index (χ0n) is 13.7. The van der Waals surface area contributed by atoms with Gasteiger partial charge in [0.15, 0.2) is 0 Å². The summed E-state index contributed by atoms with van der Waals surface area (Å²) in [6, 6.07) is 2.04. The van der Waals surface area contributed by atoms with Crippen LogP contribution in [0.3, 0.4) is 0 Å². The van der Waals surface area contributed by atoms with Crippen molar-refractivity contribution in [1.29, 1.82) is 0 Å². The standard InChI is InChI=1S/C17H27N3O/c1-13(2)15-18-10-7-14(19-15)20-11-16(3,4)21-17(12-20)8-5-6-9-17/h7,10,13H,5-6,8-9,11-12H2,1-4H3. The number of ether oxygens (including phenoxy) is 1. The highest BCUT2D eigenvalue weighted by molar-refractivity contribution is 5.40. The quantitative estimate of drug-likeness (QED) is 0.835. The van der Waals surface area contributed by atoms with E-state index in [2.05, 4.69) is 37.6 Å². The number of morpholine rings is 1. The van der Waals surface area contributed by atoms with Crippen molar-refractivity contribution >= 4 is 5.82 Å². The zero-order valence-corrected chi connectivity index (χ0v) is 13.7. The molecular formula is C17H27N3O. The fourth-order valence-electron chi connectivity index (χ4n) is 3.77. The van der Waals surface area contributed by atoms with Gasteiger partial charge in [-0.05, 0) is 32.8 Å². The molecule has 1 saturated carbocycles. The van der Waals surface area contributed by atoms with E-state index in [4.69, 9.17) is 9.72 Å². The summed E-state index contributed by atoms with van der Waals surface area (Å²) in [5, 5.41) is 0. The van der Waals surface area contributed by atoms with Crippen LogP contribution in [0.4, 0.5) is 5.82 Å². The summed E-state index contributed by atoms with van der Waals surface area (Å²) in [4.78, 5) is 11.6. The normalized spacial score (nSPS) is 24.0. The molecule has 4 nitrogen and oxygen atoms in total. The van der Waals surface area contributed by atoms with Gasteiger partial charge in [-0.25, -0.2) is 9.97 Å². The van der Waals surface area contributed by atoms with Gasteiger partial charge in [0, 0.05) is 25.2 Å². The predicted molar refractivity (Wildman–Crippen MR) is 84.7 cm³/mol. The molecule has 116 valence electrons. The maximum absolute atomic E-state index is 6.47. The van der Waals surface area contributed by atoms with E-state index in [0.29, 0.717) is 5.92 Å². The number of anilines is 1. The number of aromatic nitrogens is 2. The summed E-state index contributed by atoms with van der Waals surface area (Å²) in [6.07, 6.45) is 6.81. The van der Waals surface area contributed by atoms with Gasteiger partial charge in [-0.3, -0.25) is 0 Å². The Bertz CT molecular complexity index is 507. The molecule has 1 aromatic rings. The van der Waals surface area contributed by atoms with Crippen molar-refractivity contribution in [2.45, 2.75) is 70.5 Å². The minimum Gasteiger partial charge on any atom is -0.365 e. The van der Waals surface area contributed by atoms with E-state index in [1.165, 1.54) is 25.7 Å². The summed E-state index contributed by atoms with van der Waals surface area (Å²) in [7, 11) is 0. The first kappa shape index (κ1) is 14.8. The Morgan fingerprint density at radius 1 is 1.19 bits per heavy atom. The van der Waals surface area contributed by atoms with E-state index in [9.17, 15) is 0 Å². The topological polar surface area (TPSA) is 38.2 Å². The van der Waals surface area contributed by atoms with Crippen LogP contribution in [-0.4, -0.2) is 34.3 Å². The molecule has 0 unspecified atom stereocenters. The van der Waals surface area contributed by atoms with Gasteiger partial charge in [-0.2, -0.15) is 0 Å². The van der Waals surface area contributed by atoms with Gasteiger partial charge in [0.25, 0.3) is 0 Å². The van der Waals surface area contributed by atoms with Crippen LogP contribution < -0.4 is 4.90 Å². The van der Waals surface area contributed by atoms with Gasteiger partial charge < -0.3 is 9.64 Å². The van der Waals surface area contributed by atoms with E-state index in [1.54, 1.807) is 0 Å². The maximum Gasteiger partial charge on any atom is 0.133 e. The van der Waals surface area contributed by atoms with E-state index in [0.717, 1.165) is 24.7 Å². The lowest BCUT2D eigenvalue weighted by molar-refractivity contribution is -0.148. The summed E-state index contributed by atoms with van der Waals surface area (Å²) < 4.78 is 6.47. The lowest BCUT2D eigenvalue weighted by atomic mass is 9.94. The summed E-state index contributed by atoms with van der Waals surface area (Å²) in [5.41, 5.74) is -0.0871. The van der Waals surface area contributed by atoms with Crippen LogP contribution in [0.1, 0.15) is 65.1 Å². The minimum absolute atomic E-state index is 0.0324. The summed E-state index contributed by atoms with van der Waals surface area (Å²) in [6.45, 7) is 10.5. The van der Waals surface area contributed by atoms with Gasteiger partial charge in [0.05, 0.1) is 11.2 Å². The average molecular weight is 289 g/mol. The highest BCUT2D eigenvalue weighted by Gasteiger charge is 2.46. The number of hydrogen-bond donors (Lipinski definition) is 0. The fourth-order valence-corrected chi connectivity index (χ4v) is 3.77. The molecule has 3 rings (SSSR count). The monoisotopic (exact) mass is 289 g/mol. The molecule has 1 aliphatic carbocycles. The Balaban J connectivity index is 1.88. The zero-order chi connectivity index (χ0) is 15.1. The number of nitrogens with zero attached hydrogens (tertiary/aromatic N) is 3. The molecule has 0 bridgehead atoms. The molecule has 2 fully saturated rings. The van der Waals surface area contributed by atoms with Crippen molar-refractivity contribution in [1.82, 2.24) is 9.97 Å². The first-order chi connectivity index (χ1) is 9.89. The minimum atomic E-state index is -0.120. The molecule has 0 N–H and O–H groups in total. The number of hydrogen-bond acceptors (Lipinski definition) is 4. The lowest BCUT2D eigenvalue weighted by Crippen LogP contribution is -2.59. The van der Waals surface area contributed by atoms with Crippen LogP contribution >= 0.6 is 0 Å². The van der Waals surface area contributed by atoms with Crippen molar-refractivity contribution in [3.05, 3.63) is 18.1 Å². The molecule has 1 aliphatic heterocycles. The van der Waals surface area contributed by atoms with Crippen molar-refractivity contribution < 1.29 is 4.74 Å². The maximum atomic E-state index is 6.47. The third-order valence-electron chi connectivity index (χ3n) is 4.56. The van der Waals surface area contributed by atoms with Crippen molar-refractivity contribution in [2.24, 2.45) is 0 Å². The van der Waals surface area contributed by atoms with Crippen LogP contribution in [0.25, 0.3) is 0 Å². The first-order valence-corrected chi connectivity index (χ1v) is 8.17. The summed E-state index contributed by atoms with van der Waals surface area (Å²) >= 11 is 0. The molecular weight excluding hydrogens is 262 g/mol. The van der Waals surface area contributed by atoms with Crippen LogP contribution in [0.5, 0.6) is 0 Å². The molecule has 0 radical (unpaired) electrons. The Morgan fingerprint density at radius 2 is 1.90 bits per heavy atom. The Morgan fingerprint density at radius 3 is 2.57 bits per heavy atom. The Hall–Kier alpha value is -1.16. The van der Waals surface area contributed by atoms with Gasteiger partial charge in [-0.15, -0.1) is 0 Å². The van der Waals surface area contributed by atoms with Gasteiger partial charge in [0.1, 0.15) is 11.6 Å². The second-order valence-corrected chi connectivity index (χ2v) is 7.54. The van der Waals surface area contributed by atoms with Gasteiger partial charge in [0.2, 0.25) is 0 Å². The van der Waals surface area contributed by atoms with Crippen LogP contribution in [0.15, 0.2) is 12.3 Å². The fraction of sp³-hybridized carbons (Fsp3) is 0.765. The molecule has 0 amide bonds. The number of rotatable bonds is 2. The smallest absolute Gasteiger partial charge is 0.133 e. The molecule has 1 aromatic heterocycles. The predicted octanol–water partition coefficient (Wildman–Crippen LogP) is 3.53. The highest BCUT2D eigenvalue weighted by Crippen LogP contribution is 2.41. The van der Waals surface area contributed by atoms with Gasteiger partial charge >= 0.3 is 0 Å².